The van der Waals surface area contributed by atoms with Gasteiger partial charge in [0.05, 0.1) is 11.3 Å². The van der Waals surface area contributed by atoms with E-state index >= 15 is 0 Å². The smallest absolute Gasteiger partial charge is 0.336 e. The minimum absolute atomic E-state index is 0.213. The maximum absolute atomic E-state index is 11.2. The van der Waals surface area contributed by atoms with Gasteiger partial charge in [-0.1, -0.05) is 11.6 Å². The lowest BCUT2D eigenvalue weighted by Crippen LogP contribution is -2.07. The number of aryl methyl sites for hydroxylation is 2. The minimum atomic E-state index is -0.980. The van der Waals surface area contributed by atoms with Gasteiger partial charge < -0.3 is 9.67 Å². The van der Waals surface area contributed by atoms with E-state index in [-0.39, 0.29) is 5.56 Å². The number of imidazole rings is 1. The van der Waals surface area contributed by atoms with Gasteiger partial charge in [-0.2, -0.15) is 0 Å². The van der Waals surface area contributed by atoms with Gasteiger partial charge in [0.1, 0.15) is 5.82 Å². The lowest BCUT2D eigenvalue weighted by atomic mass is 10.1. The summed E-state index contributed by atoms with van der Waals surface area (Å²) in [5, 5.41) is 9.57. The quantitative estimate of drug-likeness (QED) is 0.907. The molecule has 0 saturated carbocycles. The lowest BCUT2D eigenvalue weighted by molar-refractivity contribution is 0.0696. The normalized spacial score (nSPS) is 10.7. The van der Waals surface area contributed by atoms with Gasteiger partial charge in [-0.25, -0.2) is 9.78 Å². The van der Waals surface area contributed by atoms with Crippen molar-refractivity contribution < 1.29 is 9.90 Å². The molecule has 1 aromatic heterocycles. The molecule has 1 heterocycles. The first-order chi connectivity index (χ1) is 8.41. The van der Waals surface area contributed by atoms with Crippen LogP contribution in [0.1, 0.15) is 27.4 Å². The molecule has 0 saturated heterocycles. The molecule has 1 aromatic carbocycles. The number of benzene rings is 1. The number of aromatic nitrogens is 2. The van der Waals surface area contributed by atoms with Crippen LogP contribution in [0.25, 0.3) is 5.69 Å². The number of rotatable bonds is 2. The zero-order valence-electron chi connectivity index (χ0n) is 10.4. The van der Waals surface area contributed by atoms with Gasteiger partial charge in [0.15, 0.2) is 0 Å². The van der Waals surface area contributed by atoms with Gasteiger partial charge in [-0.3, -0.25) is 0 Å². The van der Waals surface area contributed by atoms with E-state index in [9.17, 15) is 4.79 Å². The van der Waals surface area contributed by atoms with E-state index in [4.69, 9.17) is 16.7 Å². The Morgan fingerprint density at radius 2 is 2.00 bits per heavy atom. The summed E-state index contributed by atoms with van der Waals surface area (Å²) in [5.74, 6) is -0.180. The highest BCUT2D eigenvalue weighted by Gasteiger charge is 2.15. The number of nitrogens with zero attached hydrogens (tertiary/aromatic N) is 2. The SMILES string of the molecule is Cc1c(C(=O)O)cc(Cl)cc1-n1c(C)cnc1C. The fraction of sp³-hybridized carbons (Fsp3) is 0.231. The number of hydrogen-bond donors (Lipinski definition) is 1. The van der Waals surface area contributed by atoms with Crippen LogP contribution in [-0.4, -0.2) is 20.6 Å². The molecule has 0 atom stereocenters. The van der Waals surface area contributed by atoms with Crippen molar-refractivity contribution in [2.45, 2.75) is 20.8 Å². The Hall–Kier alpha value is -1.81. The Morgan fingerprint density at radius 3 is 2.50 bits per heavy atom. The molecule has 0 aliphatic heterocycles. The first kappa shape index (κ1) is 12.6. The molecule has 2 aromatic rings. The number of carboxylic acids is 1. The first-order valence-corrected chi connectivity index (χ1v) is 5.84. The summed E-state index contributed by atoms with van der Waals surface area (Å²) >= 11 is 5.99. The number of aromatic carboxylic acids is 1. The van der Waals surface area contributed by atoms with Crippen LogP contribution in [0.4, 0.5) is 0 Å². The maximum atomic E-state index is 11.2. The van der Waals surface area contributed by atoms with E-state index in [0.717, 1.165) is 17.2 Å². The third-order valence-electron chi connectivity index (χ3n) is 2.93. The van der Waals surface area contributed by atoms with Crippen LogP contribution in [0.3, 0.4) is 0 Å². The van der Waals surface area contributed by atoms with E-state index in [0.29, 0.717) is 10.6 Å². The van der Waals surface area contributed by atoms with E-state index in [1.807, 2.05) is 18.4 Å². The predicted molar refractivity (Wildman–Crippen MR) is 69.7 cm³/mol. The zero-order valence-corrected chi connectivity index (χ0v) is 11.1. The van der Waals surface area contributed by atoms with Crippen LogP contribution in [0, 0.1) is 20.8 Å². The summed E-state index contributed by atoms with van der Waals surface area (Å²) in [6.07, 6.45) is 1.75. The Kier molecular flexibility index (Phi) is 3.13. The van der Waals surface area contributed by atoms with Gasteiger partial charge in [-0.05, 0) is 38.5 Å². The topological polar surface area (TPSA) is 55.1 Å². The van der Waals surface area contributed by atoms with E-state index < -0.39 is 5.97 Å². The Bertz CT molecular complexity index is 613. The highest BCUT2D eigenvalue weighted by molar-refractivity contribution is 6.31. The summed E-state index contributed by atoms with van der Waals surface area (Å²) in [6, 6.07) is 3.22. The van der Waals surface area contributed by atoms with Crippen LogP contribution in [-0.2, 0) is 0 Å². The number of hydrogen-bond acceptors (Lipinski definition) is 2. The van der Waals surface area contributed by atoms with Crippen molar-refractivity contribution in [3.63, 3.8) is 0 Å². The molecule has 0 spiro atoms. The minimum Gasteiger partial charge on any atom is -0.478 e. The molecule has 4 nitrogen and oxygen atoms in total. The molecule has 0 fully saturated rings. The molecule has 0 amide bonds. The van der Waals surface area contributed by atoms with Crippen LogP contribution < -0.4 is 0 Å². The molecular weight excluding hydrogens is 252 g/mol. The zero-order chi connectivity index (χ0) is 13.4. The second kappa shape index (κ2) is 4.46. The average Bonchev–Trinajstić information content (AvgIpc) is 2.61. The van der Waals surface area contributed by atoms with Crippen molar-refractivity contribution in [3.05, 3.63) is 46.0 Å². The van der Waals surface area contributed by atoms with E-state index in [1.54, 1.807) is 19.2 Å². The second-order valence-corrected chi connectivity index (χ2v) is 4.62. The van der Waals surface area contributed by atoms with Crippen molar-refractivity contribution in [2.75, 3.05) is 0 Å². The van der Waals surface area contributed by atoms with Gasteiger partial charge in [0, 0.05) is 16.9 Å². The van der Waals surface area contributed by atoms with Crippen LogP contribution in [0.2, 0.25) is 5.02 Å². The lowest BCUT2D eigenvalue weighted by Gasteiger charge is -2.14. The van der Waals surface area contributed by atoms with Crippen molar-refractivity contribution >= 4 is 17.6 Å². The van der Waals surface area contributed by atoms with Crippen molar-refractivity contribution in [1.29, 1.82) is 0 Å². The molecule has 0 radical (unpaired) electrons. The van der Waals surface area contributed by atoms with E-state index in [1.165, 1.54) is 6.07 Å². The van der Waals surface area contributed by atoms with Crippen LogP contribution in [0.5, 0.6) is 0 Å². The number of carbonyl (C=O) groups is 1. The molecule has 0 bridgehead atoms. The summed E-state index contributed by atoms with van der Waals surface area (Å²) < 4.78 is 1.90. The van der Waals surface area contributed by atoms with Crippen molar-refractivity contribution in [1.82, 2.24) is 9.55 Å². The molecule has 94 valence electrons. The molecular formula is C13H13ClN2O2. The summed E-state index contributed by atoms with van der Waals surface area (Å²) in [7, 11) is 0. The predicted octanol–water partition coefficient (Wildman–Crippen LogP) is 3.15. The molecule has 0 aliphatic carbocycles. The molecule has 0 aliphatic rings. The molecule has 2 rings (SSSR count). The van der Waals surface area contributed by atoms with E-state index in [2.05, 4.69) is 4.98 Å². The molecule has 0 unspecified atom stereocenters. The number of carboxylic acid groups (broad SMARTS) is 1. The average molecular weight is 265 g/mol. The second-order valence-electron chi connectivity index (χ2n) is 4.18. The van der Waals surface area contributed by atoms with Crippen molar-refractivity contribution in [3.8, 4) is 5.69 Å². The standard InChI is InChI=1S/C13H13ClN2O2/c1-7-6-15-9(3)16(7)12-5-10(14)4-11(8(12)2)13(17)18/h4-6H,1-3H3,(H,17,18). The van der Waals surface area contributed by atoms with Gasteiger partial charge >= 0.3 is 5.97 Å². The summed E-state index contributed by atoms with van der Waals surface area (Å²) in [5.41, 5.74) is 2.59. The molecule has 1 N–H and O–H groups in total. The largest absolute Gasteiger partial charge is 0.478 e. The van der Waals surface area contributed by atoms with Crippen LogP contribution >= 0.6 is 11.6 Å². The van der Waals surface area contributed by atoms with Gasteiger partial charge in [-0.15, -0.1) is 0 Å². The fourth-order valence-corrected chi connectivity index (χ4v) is 2.25. The van der Waals surface area contributed by atoms with Gasteiger partial charge in [0.2, 0.25) is 0 Å². The highest BCUT2D eigenvalue weighted by atomic mass is 35.5. The van der Waals surface area contributed by atoms with Crippen molar-refractivity contribution in [2.24, 2.45) is 0 Å². The summed E-state index contributed by atoms with van der Waals surface area (Å²) in [4.78, 5) is 15.4. The first-order valence-electron chi connectivity index (χ1n) is 5.46. The Labute approximate surface area is 110 Å². The van der Waals surface area contributed by atoms with Gasteiger partial charge in [0.25, 0.3) is 0 Å². The summed E-state index contributed by atoms with van der Waals surface area (Å²) in [6.45, 7) is 5.56. The fourth-order valence-electron chi connectivity index (χ4n) is 2.04. The maximum Gasteiger partial charge on any atom is 0.336 e. The third-order valence-corrected chi connectivity index (χ3v) is 3.15. The van der Waals surface area contributed by atoms with Crippen LogP contribution in [0.15, 0.2) is 18.3 Å². The monoisotopic (exact) mass is 264 g/mol. The number of halogens is 1. The third kappa shape index (κ3) is 1.99. The molecule has 5 heteroatoms. The highest BCUT2D eigenvalue weighted by Crippen LogP contribution is 2.26. The Morgan fingerprint density at radius 1 is 1.33 bits per heavy atom. The molecule has 18 heavy (non-hydrogen) atoms. The Balaban J connectivity index is 2.76.